The van der Waals surface area contributed by atoms with Crippen LogP contribution >= 0.6 is 11.6 Å². The maximum atomic E-state index is 12.4. The standard InChI is InChI=1S/C19H28ClNO4/c1-12(2)11-25-18-15(20)8-14(9-17(18)24-3)19(23)21-10-16(22)13-6-4-5-7-13/h8-9,12-13,16,22H,4-7,10-11H2,1-3H3,(H,21,23). The van der Waals surface area contributed by atoms with Crippen molar-refractivity contribution in [3.05, 3.63) is 22.7 Å². The highest BCUT2D eigenvalue weighted by molar-refractivity contribution is 6.32. The number of benzene rings is 1. The van der Waals surface area contributed by atoms with Crippen LogP contribution < -0.4 is 14.8 Å². The molecule has 1 aliphatic rings. The van der Waals surface area contributed by atoms with Crippen molar-refractivity contribution in [1.82, 2.24) is 5.32 Å². The van der Waals surface area contributed by atoms with Gasteiger partial charge in [0.15, 0.2) is 11.5 Å². The molecular formula is C19H28ClNO4. The highest BCUT2D eigenvalue weighted by atomic mass is 35.5. The number of nitrogens with one attached hydrogen (secondary N) is 1. The Kier molecular flexibility index (Phi) is 7.38. The minimum absolute atomic E-state index is 0.245. The molecular weight excluding hydrogens is 342 g/mol. The van der Waals surface area contributed by atoms with Crippen molar-refractivity contribution in [3.63, 3.8) is 0 Å². The summed E-state index contributed by atoms with van der Waals surface area (Å²) >= 11 is 6.27. The molecule has 1 aromatic carbocycles. The monoisotopic (exact) mass is 369 g/mol. The van der Waals surface area contributed by atoms with Gasteiger partial charge in [-0.05, 0) is 36.8 Å². The lowest BCUT2D eigenvalue weighted by molar-refractivity contribution is 0.0840. The summed E-state index contributed by atoms with van der Waals surface area (Å²) in [5.41, 5.74) is 0.386. The number of hydrogen-bond donors (Lipinski definition) is 2. The molecule has 6 heteroatoms. The van der Waals surface area contributed by atoms with Crippen LogP contribution in [0.15, 0.2) is 12.1 Å². The molecule has 2 N–H and O–H groups in total. The smallest absolute Gasteiger partial charge is 0.251 e. The van der Waals surface area contributed by atoms with Crippen molar-refractivity contribution in [2.75, 3.05) is 20.3 Å². The fourth-order valence-electron chi connectivity index (χ4n) is 3.05. The van der Waals surface area contributed by atoms with E-state index in [1.165, 1.54) is 7.11 Å². The molecule has 0 heterocycles. The third-order valence-electron chi connectivity index (χ3n) is 4.47. The van der Waals surface area contributed by atoms with Crippen LogP contribution in [-0.2, 0) is 0 Å². The van der Waals surface area contributed by atoms with Gasteiger partial charge in [0.25, 0.3) is 5.91 Å². The minimum atomic E-state index is -0.502. The molecule has 0 bridgehead atoms. The van der Waals surface area contributed by atoms with E-state index in [1.807, 2.05) is 13.8 Å². The average molecular weight is 370 g/mol. The number of carbonyl (C=O) groups excluding carboxylic acids is 1. The molecule has 5 nitrogen and oxygen atoms in total. The zero-order chi connectivity index (χ0) is 18.4. The molecule has 0 aliphatic heterocycles. The summed E-state index contributed by atoms with van der Waals surface area (Å²) in [6.07, 6.45) is 3.86. The van der Waals surface area contributed by atoms with Crippen LogP contribution in [0.5, 0.6) is 11.5 Å². The molecule has 1 saturated carbocycles. The van der Waals surface area contributed by atoms with Crippen LogP contribution in [0.2, 0.25) is 5.02 Å². The van der Waals surface area contributed by atoms with Gasteiger partial charge >= 0.3 is 0 Å². The van der Waals surface area contributed by atoms with E-state index in [9.17, 15) is 9.90 Å². The molecule has 0 radical (unpaired) electrons. The van der Waals surface area contributed by atoms with Crippen molar-refractivity contribution < 1.29 is 19.4 Å². The van der Waals surface area contributed by atoms with Crippen molar-refractivity contribution >= 4 is 17.5 Å². The lowest BCUT2D eigenvalue weighted by Gasteiger charge is -2.19. The normalized spacial score (nSPS) is 16.1. The lowest BCUT2D eigenvalue weighted by atomic mass is 10.0. The van der Waals surface area contributed by atoms with E-state index in [2.05, 4.69) is 5.32 Å². The lowest BCUT2D eigenvalue weighted by Crippen LogP contribution is -2.35. The van der Waals surface area contributed by atoms with Gasteiger partial charge < -0.3 is 19.9 Å². The Hall–Kier alpha value is -1.46. The molecule has 1 atom stereocenters. The Morgan fingerprint density at radius 1 is 1.36 bits per heavy atom. The molecule has 1 aromatic rings. The molecule has 1 fully saturated rings. The van der Waals surface area contributed by atoms with Crippen molar-refractivity contribution in [1.29, 1.82) is 0 Å². The average Bonchev–Trinajstić information content (AvgIpc) is 3.12. The van der Waals surface area contributed by atoms with E-state index in [1.54, 1.807) is 12.1 Å². The van der Waals surface area contributed by atoms with Crippen molar-refractivity contribution in [2.45, 2.75) is 45.6 Å². The van der Waals surface area contributed by atoms with Crippen LogP contribution in [0.25, 0.3) is 0 Å². The van der Waals surface area contributed by atoms with Crippen LogP contribution in [-0.4, -0.2) is 37.4 Å². The van der Waals surface area contributed by atoms with Gasteiger partial charge in [-0.2, -0.15) is 0 Å². The third kappa shape index (κ3) is 5.51. The van der Waals surface area contributed by atoms with E-state index in [0.29, 0.717) is 34.6 Å². The summed E-state index contributed by atoms with van der Waals surface area (Å²) < 4.78 is 11.0. The molecule has 2 rings (SSSR count). The summed E-state index contributed by atoms with van der Waals surface area (Å²) in [4.78, 5) is 12.4. The van der Waals surface area contributed by atoms with Gasteiger partial charge in [-0.1, -0.05) is 38.3 Å². The fourth-order valence-corrected chi connectivity index (χ4v) is 3.31. The maximum absolute atomic E-state index is 12.4. The second-order valence-corrected chi connectivity index (χ2v) is 7.42. The number of aliphatic hydroxyl groups excluding tert-OH is 1. The number of ether oxygens (including phenoxy) is 2. The summed E-state index contributed by atoms with van der Waals surface area (Å²) in [7, 11) is 1.51. The van der Waals surface area contributed by atoms with Crippen molar-refractivity contribution in [2.24, 2.45) is 11.8 Å². The topological polar surface area (TPSA) is 67.8 Å². The Morgan fingerprint density at radius 3 is 2.64 bits per heavy atom. The molecule has 140 valence electrons. The Labute approximate surface area is 154 Å². The van der Waals surface area contributed by atoms with Gasteiger partial charge in [0.2, 0.25) is 0 Å². The van der Waals surface area contributed by atoms with E-state index in [4.69, 9.17) is 21.1 Å². The molecule has 1 aliphatic carbocycles. The SMILES string of the molecule is COc1cc(C(=O)NCC(O)C2CCCC2)cc(Cl)c1OCC(C)C. The number of rotatable bonds is 8. The molecule has 0 aromatic heterocycles. The molecule has 1 amide bonds. The zero-order valence-electron chi connectivity index (χ0n) is 15.2. The molecule has 0 saturated heterocycles. The quantitative estimate of drug-likeness (QED) is 0.733. The number of halogens is 1. The number of aliphatic hydroxyl groups is 1. The first-order valence-corrected chi connectivity index (χ1v) is 9.26. The third-order valence-corrected chi connectivity index (χ3v) is 4.75. The first-order chi connectivity index (χ1) is 11.9. The van der Waals surface area contributed by atoms with Crippen LogP contribution in [0.1, 0.15) is 49.9 Å². The largest absolute Gasteiger partial charge is 0.493 e. The second kappa shape index (κ2) is 9.30. The number of carbonyl (C=O) groups is 1. The Morgan fingerprint density at radius 2 is 2.04 bits per heavy atom. The van der Waals surface area contributed by atoms with Gasteiger partial charge in [-0.25, -0.2) is 0 Å². The first kappa shape index (κ1) is 19.9. The summed E-state index contributed by atoms with van der Waals surface area (Å²) in [6, 6.07) is 3.18. The van der Waals surface area contributed by atoms with Crippen molar-refractivity contribution in [3.8, 4) is 11.5 Å². The molecule has 1 unspecified atom stereocenters. The predicted molar refractivity (Wildman–Crippen MR) is 98.6 cm³/mol. The highest BCUT2D eigenvalue weighted by Gasteiger charge is 2.24. The van der Waals surface area contributed by atoms with Crippen LogP contribution in [0.4, 0.5) is 0 Å². The highest BCUT2D eigenvalue weighted by Crippen LogP contribution is 2.36. The van der Waals surface area contributed by atoms with Gasteiger partial charge in [0.05, 0.1) is 24.8 Å². The van der Waals surface area contributed by atoms with Crippen LogP contribution in [0.3, 0.4) is 0 Å². The van der Waals surface area contributed by atoms with Gasteiger partial charge in [-0.15, -0.1) is 0 Å². The van der Waals surface area contributed by atoms with Crippen LogP contribution in [0, 0.1) is 11.8 Å². The van der Waals surface area contributed by atoms with E-state index in [0.717, 1.165) is 25.7 Å². The first-order valence-electron chi connectivity index (χ1n) is 8.89. The molecule has 25 heavy (non-hydrogen) atoms. The maximum Gasteiger partial charge on any atom is 0.251 e. The summed E-state index contributed by atoms with van der Waals surface area (Å²) in [5, 5.41) is 13.3. The van der Waals surface area contributed by atoms with Gasteiger partial charge in [0, 0.05) is 12.1 Å². The van der Waals surface area contributed by atoms with E-state index >= 15 is 0 Å². The second-order valence-electron chi connectivity index (χ2n) is 7.02. The summed E-state index contributed by atoms with van der Waals surface area (Å²) in [5.74, 6) is 1.22. The minimum Gasteiger partial charge on any atom is -0.493 e. The van der Waals surface area contributed by atoms with Gasteiger partial charge in [0.1, 0.15) is 0 Å². The zero-order valence-corrected chi connectivity index (χ0v) is 15.9. The number of amides is 1. The Balaban J connectivity index is 2.02. The van der Waals surface area contributed by atoms with Gasteiger partial charge in [-0.3, -0.25) is 4.79 Å². The van der Waals surface area contributed by atoms with E-state index < -0.39 is 6.10 Å². The number of hydrogen-bond acceptors (Lipinski definition) is 4. The number of methoxy groups -OCH3 is 1. The summed E-state index contributed by atoms with van der Waals surface area (Å²) in [6.45, 7) is 4.83. The fraction of sp³-hybridized carbons (Fsp3) is 0.632. The van der Waals surface area contributed by atoms with E-state index in [-0.39, 0.29) is 18.4 Å². The molecule has 0 spiro atoms. The Bertz CT molecular complexity index is 585. The predicted octanol–water partition coefficient (Wildman–Crippen LogP) is 3.66.